The number of H-pyrrole nitrogens is 1. The van der Waals surface area contributed by atoms with Gasteiger partial charge >= 0.3 is 12.2 Å². The number of hydrogen-bond donors (Lipinski definition) is 3. The van der Waals surface area contributed by atoms with E-state index in [9.17, 15) is 27.2 Å². The number of hydrogen-bond acceptors (Lipinski definition) is 3. The molecule has 2 amide bonds. The zero-order valence-corrected chi connectivity index (χ0v) is 18.1. The Morgan fingerprint density at radius 2 is 1.77 bits per heavy atom. The zero-order valence-electron chi connectivity index (χ0n) is 18.1. The van der Waals surface area contributed by atoms with Crippen LogP contribution in [-0.4, -0.2) is 20.6 Å². The maximum Gasteiger partial charge on any atom is 0.416 e. The molecule has 0 atom stereocenters. The highest BCUT2D eigenvalue weighted by molar-refractivity contribution is 5.99. The molecule has 1 fully saturated rings. The van der Waals surface area contributed by atoms with Crippen molar-refractivity contribution in [2.24, 2.45) is 0 Å². The van der Waals surface area contributed by atoms with Gasteiger partial charge in [-0.1, -0.05) is 12.1 Å². The molecule has 0 radical (unpaired) electrons. The van der Waals surface area contributed by atoms with Crippen molar-refractivity contribution in [3.63, 3.8) is 0 Å². The van der Waals surface area contributed by atoms with Crippen molar-refractivity contribution in [3.05, 3.63) is 87.9 Å². The maximum absolute atomic E-state index is 13.5. The van der Waals surface area contributed by atoms with Crippen molar-refractivity contribution in [2.45, 2.75) is 31.5 Å². The van der Waals surface area contributed by atoms with Gasteiger partial charge in [0, 0.05) is 30.0 Å². The predicted molar refractivity (Wildman–Crippen MR) is 122 cm³/mol. The summed E-state index contributed by atoms with van der Waals surface area (Å²) < 4.78 is 54.0. The summed E-state index contributed by atoms with van der Waals surface area (Å²) in [6, 6.07) is 9.53. The number of anilines is 2. The summed E-state index contributed by atoms with van der Waals surface area (Å²) in [6.07, 6.45) is -1.13. The van der Waals surface area contributed by atoms with Crippen molar-refractivity contribution < 1.29 is 22.4 Å². The van der Waals surface area contributed by atoms with Gasteiger partial charge in [0.2, 0.25) is 0 Å². The van der Waals surface area contributed by atoms with Crippen LogP contribution in [0.5, 0.6) is 0 Å². The van der Waals surface area contributed by atoms with E-state index in [0.717, 1.165) is 30.3 Å². The van der Waals surface area contributed by atoms with Gasteiger partial charge < -0.3 is 20.2 Å². The number of carbonyl (C=O) groups is 1. The Bertz CT molecular complexity index is 1470. The molecule has 2 aromatic heterocycles. The number of pyridine rings is 1. The molecule has 0 bridgehead atoms. The van der Waals surface area contributed by atoms with Crippen LogP contribution in [0.3, 0.4) is 0 Å². The number of alkyl halides is 3. The van der Waals surface area contributed by atoms with E-state index in [0.29, 0.717) is 41.3 Å². The van der Waals surface area contributed by atoms with Gasteiger partial charge in [-0.15, -0.1) is 0 Å². The van der Waals surface area contributed by atoms with Gasteiger partial charge in [-0.2, -0.15) is 13.2 Å². The maximum atomic E-state index is 13.5. The Labute approximate surface area is 195 Å². The van der Waals surface area contributed by atoms with Crippen LogP contribution in [0.2, 0.25) is 0 Å². The van der Waals surface area contributed by atoms with Crippen LogP contribution in [0.15, 0.2) is 59.5 Å². The number of amides is 2. The van der Waals surface area contributed by atoms with E-state index in [4.69, 9.17) is 0 Å². The van der Waals surface area contributed by atoms with E-state index in [1.54, 1.807) is 36.5 Å². The fourth-order valence-electron chi connectivity index (χ4n) is 3.92. The summed E-state index contributed by atoms with van der Waals surface area (Å²) in [7, 11) is 0. The molecule has 3 N–H and O–H groups in total. The van der Waals surface area contributed by atoms with E-state index in [1.807, 2.05) is 4.57 Å². The van der Waals surface area contributed by atoms with E-state index < -0.39 is 23.6 Å². The van der Waals surface area contributed by atoms with Crippen LogP contribution in [0.1, 0.15) is 35.7 Å². The van der Waals surface area contributed by atoms with E-state index in [-0.39, 0.29) is 11.2 Å². The smallest absolute Gasteiger partial charge is 0.327 e. The van der Waals surface area contributed by atoms with Crippen LogP contribution in [0.25, 0.3) is 11.0 Å². The van der Waals surface area contributed by atoms with Crippen LogP contribution in [0, 0.1) is 5.82 Å². The van der Waals surface area contributed by atoms with Crippen LogP contribution >= 0.6 is 0 Å². The second kappa shape index (κ2) is 8.57. The average molecular weight is 485 g/mol. The first kappa shape index (κ1) is 22.6. The lowest BCUT2D eigenvalue weighted by Gasteiger charge is -2.12. The fourth-order valence-corrected chi connectivity index (χ4v) is 3.92. The molecule has 1 aliphatic carbocycles. The lowest BCUT2D eigenvalue weighted by molar-refractivity contribution is -0.137. The number of aromatic amines is 1. The number of benzene rings is 2. The predicted octanol–water partition coefficient (Wildman–Crippen LogP) is 5.45. The van der Waals surface area contributed by atoms with Crippen LogP contribution in [0.4, 0.5) is 33.7 Å². The third-order valence-electron chi connectivity index (χ3n) is 5.67. The number of halogens is 4. The Hall–Kier alpha value is -4.15. The molecule has 4 aromatic rings. The first-order valence-electron chi connectivity index (χ1n) is 10.8. The first-order valence-corrected chi connectivity index (χ1v) is 10.8. The lowest BCUT2D eigenvalue weighted by Crippen LogP contribution is -2.20. The fraction of sp³-hybridized carbons (Fsp3) is 0.208. The van der Waals surface area contributed by atoms with E-state index in [1.165, 1.54) is 0 Å². The molecule has 1 saturated carbocycles. The van der Waals surface area contributed by atoms with E-state index in [2.05, 4.69) is 20.6 Å². The molecule has 11 heteroatoms. The molecule has 0 spiro atoms. The largest absolute Gasteiger partial charge is 0.416 e. The van der Waals surface area contributed by atoms with Crippen molar-refractivity contribution in [2.75, 3.05) is 10.6 Å². The molecule has 0 aliphatic heterocycles. The second-order valence-electron chi connectivity index (χ2n) is 8.37. The minimum absolute atomic E-state index is 0.220. The number of fused-ring (bicyclic) bond motifs is 1. The number of aromatic nitrogens is 3. The monoisotopic (exact) mass is 485 g/mol. The molecule has 0 unspecified atom stereocenters. The Balaban J connectivity index is 1.30. The average Bonchev–Trinajstić information content (AvgIpc) is 3.56. The molecule has 5 rings (SSSR count). The minimum Gasteiger partial charge on any atom is -0.327 e. The highest BCUT2D eigenvalue weighted by Crippen LogP contribution is 2.40. The highest BCUT2D eigenvalue weighted by Gasteiger charge is 2.32. The van der Waals surface area contributed by atoms with Gasteiger partial charge in [0.15, 0.2) is 0 Å². The molecule has 180 valence electrons. The van der Waals surface area contributed by atoms with Crippen LogP contribution < -0.4 is 16.2 Å². The summed E-state index contributed by atoms with van der Waals surface area (Å²) in [5.41, 5.74) is 0.642. The molecular weight excluding hydrogens is 466 g/mol. The standard InChI is InChI=1S/C24H19F4N5O2/c25-16-9-15(24(26,27)28)10-18(11-16)31-23(35)30-17-5-1-13(2-6-17)12-33-20-19(7-8-29-22(20)34)32-21(33)14-3-4-14/h1-2,5-11,14H,3-4,12H2,(H,29,34)(H2,30,31,35). The summed E-state index contributed by atoms with van der Waals surface area (Å²) in [5, 5.41) is 4.71. The van der Waals surface area contributed by atoms with Crippen molar-refractivity contribution in [3.8, 4) is 0 Å². The Kier molecular flexibility index (Phi) is 5.54. The zero-order chi connectivity index (χ0) is 24.7. The van der Waals surface area contributed by atoms with Crippen LogP contribution in [-0.2, 0) is 12.7 Å². The summed E-state index contributed by atoms with van der Waals surface area (Å²) in [6.45, 7) is 0.408. The van der Waals surface area contributed by atoms with Gasteiger partial charge in [-0.05, 0) is 54.8 Å². The number of urea groups is 1. The van der Waals surface area contributed by atoms with Crippen molar-refractivity contribution in [1.82, 2.24) is 14.5 Å². The number of rotatable bonds is 5. The highest BCUT2D eigenvalue weighted by atomic mass is 19.4. The number of nitrogens with zero attached hydrogens (tertiary/aromatic N) is 2. The SMILES string of the molecule is O=C(Nc1ccc(Cn2c(C3CC3)nc3cc[nH]c(=O)c32)cc1)Nc1cc(F)cc(C(F)(F)F)c1. The quantitative estimate of drug-likeness (QED) is 0.328. The number of imidazole rings is 1. The summed E-state index contributed by atoms with van der Waals surface area (Å²) >= 11 is 0. The van der Waals surface area contributed by atoms with E-state index >= 15 is 0 Å². The number of nitrogens with one attached hydrogen (secondary N) is 3. The number of carbonyl (C=O) groups excluding carboxylic acids is 1. The van der Waals surface area contributed by atoms with Gasteiger partial charge in [-0.25, -0.2) is 14.2 Å². The normalized spacial score (nSPS) is 13.7. The third-order valence-corrected chi connectivity index (χ3v) is 5.67. The molecule has 0 saturated heterocycles. The Morgan fingerprint density at radius 1 is 1.06 bits per heavy atom. The minimum atomic E-state index is -4.74. The third kappa shape index (κ3) is 4.88. The molecule has 1 aliphatic rings. The summed E-state index contributed by atoms with van der Waals surface area (Å²) in [5.74, 6) is 0.0784. The lowest BCUT2D eigenvalue weighted by atomic mass is 10.2. The first-order chi connectivity index (χ1) is 16.7. The van der Waals surface area contributed by atoms with Gasteiger partial charge in [-0.3, -0.25) is 4.79 Å². The molecule has 2 heterocycles. The van der Waals surface area contributed by atoms with Gasteiger partial charge in [0.05, 0.1) is 11.1 Å². The van der Waals surface area contributed by atoms with Gasteiger partial charge in [0.1, 0.15) is 17.2 Å². The summed E-state index contributed by atoms with van der Waals surface area (Å²) in [4.78, 5) is 32.0. The molecule has 7 nitrogen and oxygen atoms in total. The van der Waals surface area contributed by atoms with Gasteiger partial charge in [0.25, 0.3) is 5.56 Å². The van der Waals surface area contributed by atoms with Crippen molar-refractivity contribution in [1.29, 1.82) is 0 Å². The Morgan fingerprint density at radius 3 is 2.46 bits per heavy atom. The van der Waals surface area contributed by atoms with Crippen molar-refractivity contribution >= 4 is 28.4 Å². The molecular formula is C24H19F4N5O2. The molecule has 2 aromatic carbocycles. The second-order valence-corrected chi connectivity index (χ2v) is 8.37. The molecule has 35 heavy (non-hydrogen) atoms. The topological polar surface area (TPSA) is 91.8 Å².